The number of benzene rings is 1. The zero-order valence-corrected chi connectivity index (χ0v) is 13.3. The lowest BCUT2D eigenvalue weighted by atomic mass is 9.90. The van der Waals surface area contributed by atoms with Crippen LogP contribution in [0.2, 0.25) is 0 Å². The number of aromatic nitrogens is 2. The molecule has 5 nitrogen and oxygen atoms in total. The Morgan fingerprint density at radius 3 is 2.59 bits per heavy atom. The molecule has 1 amide bonds. The lowest BCUT2D eigenvalue weighted by molar-refractivity contribution is -0.123. The largest absolute Gasteiger partial charge is 0.403 e. The average Bonchev–Trinajstić information content (AvgIpc) is 2.94. The fraction of sp³-hybridized carbons (Fsp3) is 0.471. The first-order chi connectivity index (χ1) is 10.4. The maximum absolute atomic E-state index is 11.9. The second kappa shape index (κ2) is 5.55. The van der Waals surface area contributed by atoms with Crippen LogP contribution >= 0.6 is 0 Å². The fourth-order valence-corrected chi connectivity index (χ4v) is 2.54. The molecule has 0 saturated heterocycles. The van der Waals surface area contributed by atoms with E-state index in [4.69, 9.17) is 4.42 Å². The number of fused-ring (bicyclic) bond motifs is 1. The number of hydrogen-bond donors (Lipinski definition) is 1. The van der Waals surface area contributed by atoms with Crippen molar-refractivity contribution in [1.82, 2.24) is 10.2 Å². The van der Waals surface area contributed by atoms with Gasteiger partial charge in [0.15, 0.2) is 0 Å². The van der Waals surface area contributed by atoms with Crippen molar-refractivity contribution in [2.24, 2.45) is 5.41 Å². The summed E-state index contributed by atoms with van der Waals surface area (Å²) in [6, 6.07) is 6.42. The number of anilines is 1. The van der Waals surface area contributed by atoms with E-state index in [1.165, 1.54) is 24.0 Å². The van der Waals surface area contributed by atoms with E-state index in [9.17, 15) is 4.79 Å². The first-order valence-corrected chi connectivity index (χ1v) is 7.70. The quantitative estimate of drug-likeness (QED) is 0.920. The molecule has 2 aromatic rings. The molecule has 1 heterocycles. The Bertz CT molecular complexity index is 698. The molecule has 1 aliphatic rings. The smallest absolute Gasteiger partial charge is 0.322 e. The van der Waals surface area contributed by atoms with Gasteiger partial charge in [-0.1, -0.05) is 31.9 Å². The van der Waals surface area contributed by atoms with Gasteiger partial charge in [0.2, 0.25) is 11.8 Å². The van der Waals surface area contributed by atoms with Crippen LogP contribution in [0.3, 0.4) is 0 Å². The van der Waals surface area contributed by atoms with Gasteiger partial charge in [0, 0.05) is 11.0 Å². The second-order valence-electron chi connectivity index (χ2n) is 6.81. The highest BCUT2D eigenvalue weighted by molar-refractivity contribution is 5.92. The summed E-state index contributed by atoms with van der Waals surface area (Å²) in [5.41, 5.74) is 3.18. The molecule has 1 aromatic carbocycles. The Labute approximate surface area is 130 Å². The van der Waals surface area contributed by atoms with Crippen LogP contribution < -0.4 is 5.32 Å². The van der Waals surface area contributed by atoms with Crippen molar-refractivity contribution in [1.29, 1.82) is 0 Å². The predicted molar refractivity (Wildman–Crippen MR) is 84.5 cm³/mol. The molecule has 0 saturated carbocycles. The van der Waals surface area contributed by atoms with E-state index in [2.05, 4.69) is 27.6 Å². The monoisotopic (exact) mass is 299 g/mol. The summed E-state index contributed by atoms with van der Waals surface area (Å²) in [7, 11) is 0. The Hall–Kier alpha value is -2.17. The average molecular weight is 299 g/mol. The van der Waals surface area contributed by atoms with Gasteiger partial charge < -0.3 is 4.42 Å². The van der Waals surface area contributed by atoms with Crippen molar-refractivity contribution in [3.8, 4) is 11.5 Å². The molecular weight excluding hydrogens is 278 g/mol. The maximum Gasteiger partial charge on any atom is 0.322 e. The SMILES string of the molecule is CC(C)(C)C(=O)Nc1nnc(-c2ccc3c(c2)CCCC3)o1. The lowest BCUT2D eigenvalue weighted by Gasteiger charge is -2.15. The molecule has 0 unspecified atom stereocenters. The van der Waals surface area contributed by atoms with Crippen molar-refractivity contribution in [2.45, 2.75) is 46.5 Å². The predicted octanol–water partition coefficient (Wildman–Crippen LogP) is 3.60. The second-order valence-corrected chi connectivity index (χ2v) is 6.81. The van der Waals surface area contributed by atoms with E-state index in [0.29, 0.717) is 5.89 Å². The van der Waals surface area contributed by atoms with Crippen LogP contribution in [-0.2, 0) is 17.6 Å². The van der Waals surface area contributed by atoms with Crippen molar-refractivity contribution in [2.75, 3.05) is 5.32 Å². The van der Waals surface area contributed by atoms with E-state index in [1.807, 2.05) is 26.8 Å². The molecular formula is C17H21N3O2. The lowest BCUT2D eigenvalue weighted by Crippen LogP contribution is -2.27. The summed E-state index contributed by atoms with van der Waals surface area (Å²) in [6.07, 6.45) is 4.74. The molecule has 0 fully saturated rings. The van der Waals surface area contributed by atoms with Crippen molar-refractivity contribution in [3.63, 3.8) is 0 Å². The van der Waals surface area contributed by atoms with E-state index in [-0.39, 0.29) is 11.9 Å². The van der Waals surface area contributed by atoms with Gasteiger partial charge in [0.1, 0.15) is 0 Å². The summed E-state index contributed by atoms with van der Waals surface area (Å²) < 4.78 is 5.57. The molecule has 5 heteroatoms. The number of aryl methyl sites for hydroxylation is 2. The number of nitrogens with one attached hydrogen (secondary N) is 1. The summed E-state index contributed by atoms with van der Waals surface area (Å²) in [5.74, 6) is 0.297. The number of carbonyl (C=O) groups excluding carboxylic acids is 1. The molecule has 1 N–H and O–H groups in total. The Morgan fingerprint density at radius 1 is 1.14 bits per heavy atom. The van der Waals surface area contributed by atoms with E-state index in [1.54, 1.807) is 0 Å². The van der Waals surface area contributed by atoms with Crippen molar-refractivity contribution < 1.29 is 9.21 Å². The first-order valence-electron chi connectivity index (χ1n) is 7.70. The third-order valence-electron chi connectivity index (χ3n) is 3.92. The van der Waals surface area contributed by atoms with Gasteiger partial charge in [-0.05, 0) is 48.9 Å². The van der Waals surface area contributed by atoms with Gasteiger partial charge in [-0.25, -0.2) is 0 Å². The number of nitrogens with zero attached hydrogens (tertiary/aromatic N) is 2. The number of rotatable bonds is 2. The summed E-state index contributed by atoms with van der Waals surface area (Å²) in [4.78, 5) is 11.9. The van der Waals surface area contributed by atoms with E-state index in [0.717, 1.165) is 18.4 Å². The third kappa shape index (κ3) is 3.03. The first kappa shape index (κ1) is 14.8. The van der Waals surface area contributed by atoms with Gasteiger partial charge in [0.05, 0.1) is 0 Å². The van der Waals surface area contributed by atoms with Crippen molar-refractivity contribution in [3.05, 3.63) is 29.3 Å². The van der Waals surface area contributed by atoms with Crippen LogP contribution in [0.15, 0.2) is 22.6 Å². The highest BCUT2D eigenvalue weighted by atomic mass is 16.4. The molecule has 116 valence electrons. The minimum absolute atomic E-state index is 0.145. The van der Waals surface area contributed by atoms with Gasteiger partial charge in [-0.2, -0.15) is 0 Å². The highest BCUT2D eigenvalue weighted by Gasteiger charge is 2.23. The zero-order chi connectivity index (χ0) is 15.7. The van der Waals surface area contributed by atoms with Crippen LogP contribution in [0.4, 0.5) is 6.01 Å². The molecule has 0 atom stereocenters. The van der Waals surface area contributed by atoms with E-state index < -0.39 is 5.41 Å². The summed E-state index contributed by atoms with van der Waals surface area (Å²) in [5, 5.41) is 10.6. The van der Waals surface area contributed by atoms with Crippen LogP contribution in [0.1, 0.15) is 44.7 Å². The maximum atomic E-state index is 11.9. The molecule has 22 heavy (non-hydrogen) atoms. The van der Waals surface area contributed by atoms with Gasteiger partial charge >= 0.3 is 6.01 Å². The fourth-order valence-electron chi connectivity index (χ4n) is 2.54. The zero-order valence-electron chi connectivity index (χ0n) is 13.3. The summed E-state index contributed by atoms with van der Waals surface area (Å²) >= 11 is 0. The molecule has 0 bridgehead atoms. The van der Waals surface area contributed by atoms with Gasteiger partial charge in [-0.3, -0.25) is 10.1 Å². The van der Waals surface area contributed by atoms with Crippen LogP contribution in [-0.4, -0.2) is 16.1 Å². The minimum Gasteiger partial charge on any atom is -0.403 e. The number of hydrogen-bond acceptors (Lipinski definition) is 4. The summed E-state index contributed by atoms with van der Waals surface area (Å²) in [6.45, 7) is 5.51. The van der Waals surface area contributed by atoms with Gasteiger partial charge in [-0.15, -0.1) is 5.10 Å². The van der Waals surface area contributed by atoms with Gasteiger partial charge in [0.25, 0.3) is 0 Å². The molecule has 0 radical (unpaired) electrons. The molecule has 0 aliphatic heterocycles. The van der Waals surface area contributed by atoms with Crippen LogP contribution in [0.25, 0.3) is 11.5 Å². The van der Waals surface area contributed by atoms with Crippen molar-refractivity contribution >= 4 is 11.9 Å². The molecule has 1 aromatic heterocycles. The minimum atomic E-state index is -0.500. The Kier molecular flexibility index (Phi) is 3.72. The molecule has 0 spiro atoms. The standard InChI is InChI=1S/C17H21N3O2/c1-17(2,3)15(21)18-16-20-19-14(22-16)13-9-8-11-6-4-5-7-12(11)10-13/h8-10H,4-7H2,1-3H3,(H,18,20,21). The Morgan fingerprint density at radius 2 is 1.86 bits per heavy atom. The molecule has 3 rings (SSSR count). The topological polar surface area (TPSA) is 68.0 Å². The van der Waals surface area contributed by atoms with E-state index >= 15 is 0 Å². The number of carbonyl (C=O) groups is 1. The normalized spacial score (nSPS) is 14.5. The Balaban J connectivity index is 1.80. The third-order valence-corrected chi connectivity index (χ3v) is 3.92. The van der Waals surface area contributed by atoms with Crippen LogP contribution in [0, 0.1) is 5.41 Å². The van der Waals surface area contributed by atoms with Crippen LogP contribution in [0.5, 0.6) is 0 Å². The molecule has 1 aliphatic carbocycles. The highest BCUT2D eigenvalue weighted by Crippen LogP contribution is 2.27. The number of amides is 1.